The second kappa shape index (κ2) is 4.77. The highest BCUT2D eigenvalue weighted by atomic mass is 35.5. The van der Waals surface area contributed by atoms with Gasteiger partial charge in [0, 0.05) is 9.90 Å². The Morgan fingerprint density at radius 1 is 1.05 bits per heavy atom. The minimum absolute atomic E-state index is 0.0280. The number of hydrogen-bond acceptors (Lipinski definition) is 4. The first-order chi connectivity index (χ1) is 9.56. The van der Waals surface area contributed by atoms with Gasteiger partial charge in [0.15, 0.2) is 5.76 Å². The largest absolute Gasteiger partial charge is 0.502 e. The normalized spacial score (nSPS) is 14.8. The van der Waals surface area contributed by atoms with E-state index in [2.05, 4.69) is 5.32 Å². The number of thiophene rings is 1. The Bertz CT molecular complexity index is 746. The number of imide groups is 1. The maximum Gasteiger partial charge on any atom is 0.293 e. The average Bonchev–Trinajstić information content (AvgIpc) is 2.97. The Morgan fingerprint density at radius 3 is 2.35 bits per heavy atom. The molecule has 2 heterocycles. The van der Waals surface area contributed by atoms with Crippen molar-refractivity contribution in [2.24, 2.45) is 0 Å². The van der Waals surface area contributed by atoms with E-state index >= 15 is 0 Å². The van der Waals surface area contributed by atoms with Crippen LogP contribution >= 0.6 is 22.9 Å². The highest BCUT2D eigenvalue weighted by Gasteiger charge is 2.32. The molecular formula is C14H8ClNO3S. The van der Waals surface area contributed by atoms with E-state index in [-0.39, 0.29) is 5.57 Å². The van der Waals surface area contributed by atoms with Crippen molar-refractivity contribution in [3.8, 4) is 11.1 Å². The number of carbonyl (C=O) groups is 2. The smallest absolute Gasteiger partial charge is 0.293 e. The topological polar surface area (TPSA) is 66.4 Å². The number of hydrogen-bond donors (Lipinski definition) is 2. The number of nitrogens with one attached hydrogen (secondary N) is 1. The summed E-state index contributed by atoms with van der Waals surface area (Å²) in [4.78, 5) is 23.4. The van der Waals surface area contributed by atoms with Crippen LogP contribution in [-0.4, -0.2) is 16.9 Å². The first kappa shape index (κ1) is 12.9. The van der Waals surface area contributed by atoms with Crippen molar-refractivity contribution in [2.75, 3.05) is 0 Å². The van der Waals surface area contributed by atoms with E-state index in [1.807, 2.05) is 17.5 Å². The predicted octanol–water partition coefficient (Wildman–Crippen LogP) is 2.99. The van der Waals surface area contributed by atoms with Gasteiger partial charge in [0.05, 0.1) is 0 Å². The lowest BCUT2D eigenvalue weighted by atomic mass is 10.1. The van der Waals surface area contributed by atoms with Gasteiger partial charge in [-0.15, -0.1) is 11.3 Å². The van der Waals surface area contributed by atoms with Crippen molar-refractivity contribution < 1.29 is 14.7 Å². The number of aliphatic hydroxyl groups is 1. The van der Waals surface area contributed by atoms with Gasteiger partial charge in [-0.25, -0.2) is 0 Å². The van der Waals surface area contributed by atoms with E-state index in [9.17, 15) is 14.7 Å². The van der Waals surface area contributed by atoms with Crippen LogP contribution in [0.25, 0.3) is 16.7 Å². The third-order valence-corrected chi connectivity index (χ3v) is 4.13. The molecular weight excluding hydrogens is 298 g/mol. The lowest BCUT2D eigenvalue weighted by Gasteiger charge is -1.97. The Hall–Kier alpha value is -2.11. The first-order valence-electron chi connectivity index (χ1n) is 5.70. The maximum atomic E-state index is 11.6. The number of halogens is 1. The predicted molar refractivity (Wildman–Crippen MR) is 77.5 cm³/mol. The SMILES string of the molecule is O=C1NC(=O)C(c2cc(-c3ccc(Cl)cc3)cs2)=C1O. The van der Waals surface area contributed by atoms with E-state index in [1.165, 1.54) is 11.3 Å². The molecule has 100 valence electrons. The molecule has 0 bridgehead atoms. The highest BCUT2D eigenvalue weighted by Crippen LogP contribution is 2.33. The Balaban J connectivity index is 2.01. The summed E-state index contributed by atoms with van der Waals surface area (Å²) in [7, 11) is 0. The molecule has 0 atom stereocenters. The van der Waals surface area contributed by atoms with Gasteiger partial charge in [-0.1, -0.05) is 23.7 Å². The number of rotatable bonds is 2. The molecule has 0 aliphatic carbocycles. The fourth-order valence-corrected chi connectivity index (χ4v) is 3.02. The second-order valence-electron chi connectivity index (χ2n) is 4.21. The quantitative estimate of drug-likeness (QED) is 0.838. The molecule has 2 N–H and O–H groups in total. The first-order valence-corrected chi connectivity index (χ1v) is 6.96. The summed E-state index contributed by atoms with van der Waals surface area (Å²) in [5, 5.41) is 14.2. The zero-order valence-electron chi connectivity index (χ0n) is 10.0. The molecule has 3 rings (SSSR count). The Kier molecular flexibility index (Phi) is 3.08. The number of aliphatic hydroxyl groups excluding tert-OH is 1. The summed E-state index contributed by atoms with van der Waals surface area (Å²) in [6.07, 6.45) is 0. The summed E-state index contributed by atoms with van der Waals surface area (Å²) in [5.74, 6) is -1.86. The molecule has 6 heteroatoms. The lowest BCUT2D eigenvalue weighted by Crippen LogP contribution is -2.22. The van der Waals surface area contributed by atoms with Crippen LogP contribution < -0.4 is 5.32 Å². The molecule has 1 aliphatic heterocycles. The third kappa shape index (κ3) is 2.11. The molecule has 0 saturated carbocycles. The molecule has 2 aromatic rings. The van der Waals surface area contributed by atoms with E-state index in [4.69, 9.17) is 11.6 Å². The molecule has 0 saturated heterocycles. The van der Waals surface area contributed by atoms with Crippen LogP contribution in [0.2, 0.25) is 5.02 Å². The molecule has 4 nitrogen and oxygen atoms in total. The Labute approximate surface area is 123 Å². The van der Waals surface area contributed by atoms with Crippen LogP contribution in [0.5, 0.6) is 0 Å². The van der Waals surface area contributed by atoms with Crippen molar-refractivity contribution in [1.82, 2.24) is 5.32 Å². The van der Waals surface area contributed by atoms with Crippen LogP contribution in [0.4, 0.5) is 0 Å². The summed E-state index contributed by atoms with van der Waals surface area (Å²) in [5.41, 5.74) is 1.87. The summed E-state index contributed by atoms with van der Waals surface area (Å²) in [6.45, 7) is 0. The van der Waals surface area contributed by atoms with Gasteiger partial charge >= 0.3 is 0 Å². The molecule has 0 spiro atoms. The summed E-state index contributed by atoms with van der Waals surface area (Å²) in [6, 6.07) is 9.04. The van der Waals surface area contributed by atoms with Gasteiger partial charge in [-0.05, 0) is 34.7 Å². The molecule has 1 aromatic carbocycles. The van der Waals surface area contributed by atoms with Crippen LogP contribution in [0.1, 0.15) is 4.88 Å². The maximum absolute atomic E-state index is 11.6. The van der Waals surface area contributed by atoms with Crippen molar-refractivity contribution in [2.45, 2.75) is 0 Å². The van der Waals surface area contributed by atoms with Gasteiger partial charge < -0.3 is 5.11 Å². The van der Waals surface area contributed by atoms with Crippen molar-refractivity contribution in [1.29, 1.82) is 0 Å². The zero-order valence-corrected chi connectivity index (χ0v) is 11.6. The second-order valence-corrected chi connectivity index (χ2v) is 5.56. The molecule has 0 radical (unpaired) electrons. The monoisotopic (exact) mass is 305 g/mol. The fourth-order valence-electron chi connectivity index (χ4n) is 1.94. The van der Waals surface area contributed by atoms with E-state index in [0.29, 0.717) is 9.90 Å². The van der Waals surface area contributed by atoms with E-state index < -0.39 is 17.6 Å². The van der Waals surface area contributed by atoms with Gasteiger partial charge in [0.1, 0.15) is 5.57 Å². The van der Waals surface area contributed by atoms with Crippen LogP contribution in [-0.2, 0) is 9.59 Å². The number of benzene rings is 1. The van der Waals surface area contributed by atoms with Crippen LogP contribution in [0.15, 0.2) is 41.5 Å². The van der Waals surface area contributed by atoms with E-state index in [1.54, 1.807) is 18.2 Å². The third-order valence-electron chi connectivity index (χ3n) is 2.93. The van der Waals surface area contributed by atoms with Gasteiger partial charge in [0.25, 0.3) is 11.8 Å². The molecule has 20 heavy (non-hydrogen) atoms. The van der Waals surface area contributed by atoms with Crippen LogP contribution in [0.3, 0.4) is 0 Å². The van der Waals surface area contributed by atoms with Crippen molar-refractivity contribution >= 4 is 40.3 Å². The van der Waals surface area contributed by atoms with Gasteiger partial charge in [0.2, 0.25) is 0 Å². The average molecular weight is 306 g/mol. The summed E-state index contributed by atoms with van der Waals surface area (Å²) >= 11 is 7.13. The minimum atomic E-state index is -0.758. The van der Waals surface area contributed by atoms with Crippen LogP contribution in [0, 0.1) is 0 Å². The molecule has 1 aliphatic rings. The van der Waals surface area contributed by atoms with Gasteiger partial charge in [-0.2, -0.15) is 0 Å². The standard InChI is InChI=1S/C14H8ClNO3S/c15-9-3-1-7(2-4-9)8-5-10(20-6-8)11-12(17)14(19)16-13(11)18/h1-6H,(H2,16,17,18,19). The molecule has 0 fully saturated rings. The molecule has 0 unspecified atom stereocenters. The Morgan fingerprint density at radius 2 is 1.75 bits per heavy atom. The number of carbonyl (C=O) groups excluding carboxylic acids is 2. The molecule has 2 amide bonds. The highest BCUT2D eigenvalue weighted by molar-refractivity contribution is 7.12. The lowest BCUT2D eigenvalue weighted by molar-refractivity contribution is -0.124. The summed E-state index contributed by atoms with van der Waals surface area (Å²) < 4.78 is 0. The number of amides is 2. The zero-order chi connectivity index (χ0) is 14.3. The van der Waals surface area contributed by atoms with Crippen molar-refractivity contribution in [3.63, 3.8) is 0 Å². The minimum Gasteiger partial charge on any atom is -0.502 e. The molecule has 1 aromatic heterocycles. The van der Waals surface area contributed by atoms with Crippen molar-refractivity contribution in [3.05, 3.63) is 51.4 Å². The van der Waals surface area contributed by atoms with E-state index in [0.717, 1.165) is 11.1 Å². The fraction of sp³-hybridized carbons (Fsp3) is 0. The van der Waals surface area contributed by atoms with Gasteiger partial charge in [-0.3, -0.25) is 14.9 Å².